The van der Waals surface area contributed by atoms with Crippen LogP contribution in [0.2, 0.25) is 0 Å². The molecule has 1 unspecified atom stereocenters. The van der Waals surface area contributed by atoms with Gasteiger partial charge < -0.3 is 9.80 Å². The van der Waals surface area contributed by atoms with E-state index in [9.17, 15) is 9.18 Å². The van der Waals surface area contributed by atoms with E-state index >= 15 is 0 Å². The Labute approximate surface area is 150 Å². The van der Waals surface area contributed by atoms with E-state index in [2.05, 4.69) is 4.90 Å². The monoisotopic (exact) mass is 346 g/mol. The third-order valence-corrected chi connectivity index (χ3v) is 7.00. The van der Waals surface area contributed by atoms with E-state index in [0.29, 0.717) is 6.42 Å². The summed E-state index contributed by atoms with van der Waals surface area (Å²) in [5, 5.41) is 0. The molecule has 1 atom stereocenters. The molecule has 2 fully saturated rings. The average molecular weight is 346 g/mol. The highest BCUT2D eigenvalue weighted by Gasteiger charge is 2.48. The van der Waals surface area contributed by atoms with E-state index in [1.165, 1.54) is 44.2 Å². The van der Waals surface area contributed by atoms with Crippen LogP contribution in [0.1, 0.15) is 58.3 Å². The lowest BCUT2D eigenvalue weighted by Crippen LogP contribution is -2.45. The Morgan fingerprint density at radius 1 is 1.24 bits per heavy atom. The number of allylic oxidation sites excluding steroid dienone is 2. The summed E-state index contributed by atoms with van der Waals surface area (Å²) >= 11 is 0. The molecule has 0 bridgehead atoms. The molecule has 138 valence electrons. The van der Waals surface area contributed by atoms with Gasteiger partial charge in [0.25, 0.3) is 0 Å². The van der Waals surface area contributed by atoms with Crippen LogP contribution in [0.15, 0.2) is 23.4 Å². The van der Waals surface area contributed by atoms with Crippen LogP contribution in [0.5, 0.6) is 0 Å². The molecule has 0 aromatic rings. The zero-order chi connectivity index (χ0) is 17.4. The Morgan fingerprint density at radius 2 is 1.96 bits per heavy atom. The molecule has 3 nitrogen and oxygen atoms in total. The fourth-order valence-electron chi connectivity index (χ4n) is 5.53. The molecular formula is C21H31FN2O. The molecule has 1 saturated carbocycles. The Morgan fingerprint density at radius 3 is 2.64 bits per heavy atom. The Bertz CT molecular complexity index is 583. The average Bonchev–Trinajstić information content (AvgIpc) is 2.92. The highest BCUT2D eigenvalue weighted by Crippen LogP contribution is 2.50. The zero-order valence-electron chi connectivity index (χ0n) is 15.5. The fourth-order valence-corrected chi connectivity index (χ4v) is 5.53. The molecule has 0 N–H and O–H groups in total. The van der Waals surface area contributed by atoms with E-state index in [4.69, 9.17) is 0 Å². The number of carbonyl (C=O) groups excluding carboxylic acids is 1. The zero-order valence-corrected chi connectivity index (χ0v) is 15.5. The maximum absolute atomic E-state index is 14.0. The molecule has 4 aliphatic rings. The normalized spacial score (nSPS) is 30.2. The van der Waals surface area contributed by atoms with Gasteiger partial charge in [-0.05, 0) is 62.4 Å². The summed E-state index contributed by atoms with van der Waals surface area (Å²) in [6.07, 6.45) is 12.2. The summed E-state index contributed by atoms with van der Waals surface area (Å²) in [5.74, 6) is 0.971. The number of carbonyl (C=O) groups is 1. The highest BCUT2D eigenvalue weighted by atomic mass is 19.1. The minimum absolute atomic E-state index is 0.0270. The predicted octanol–water partition coefficient (Wildman–Crippen LogP) is 4.06. The van der Waals surface area contributed by atoms with Gasteiger partial charge in [-0.1, -0.05) is 19.3 Å². The SMILES string of the molecule is CC(=O)N1CC2(CCN(CC3CCCCC3)CC2)C2=C1C=CC(F)C2. The molecule has 1 saturated heterocycles. The maximum Gasteiger partial charge on any atom is 0.223 e. The Kier molecular flexibility index (Phi) is 4.74. The number of halogens is 1. The van der Waals surface area contributed by atoms with Crippen molar-refractivity contribution in [2.45, 2.75) is 64.5 Å². The van der Waals surface area contributed by atoms with Gasteiger partial charge in [-0.2, -0.15) is 0 Å². The summed E-state index contributed by atoms with van der Waals surface area (Å²) in [7, 11) is 0. The van der Waals surface area contributed by atoms with Crippen LogP contribution in [0.4, 0.5) is 4.39 Å². The molecule has 2 aliphatic heterocycles. The van der Waals surface area contributed by atoms with Gasteiger partial charge in [-0.3, -0.25) is 4.79 Å². The molecular weight excluding hydrogens is 315 g/mol. The van der Waals surface area contributed by atoms with Crippen LogP contribution < -0.4 is 0 Å². The Hall–Kier alpha value is -1.16. The summed E-state index contributed by atoms with van der Waals surface area (Å²) in [5.41, 5.74) is 2.25. The lowest BCUT2D eigenvalue weighted by molar-refractivity contribution is -0.127. The summed E-state index contributed by atoms with van der Waals surface area (Å²) in [4.78, 5) is 16.6. The first-order chi connectivity index (χ1) is 12.1. The topological polar surface area (TPSA) is 23.6 Å². The first-order valence-electron chi connectivity index (χ1n) is 10.1. The van der Waals surface area contributed by atoms with Crippen molar-refractivity contribution in [1.82, 2.24) is 9.80 Å². The summed E-state index contributed by atoms with van der Waals surface area (Å²) < 4.78 is 14.0. The van der Waals surface area contributed by atoms with Crippen molar-refractivity contribution < 1.29 is 9.18 Å². The molecule has 2 aliphatic carbocycles. The van der Waals surface area contributed by atoms with Gasteiger partial charge in [0, 0.05) is 37.5 Å². The van der Waals surface area contributed by atoms with Crippen LogP contribution in [0.3, 0.4) is 0 Å². The summed E-state index contributed by atoms with van der Waals surface area (Å²) in [6, 6.07) is 0. The molecule has 0 aromatic carbocycles. The van der Waals surface area contributed by atoms with Crippen molar-refractivity contribution in [3.63, 3.8) is 0 Å². The van der Waals surface area contributed by atoms with Gasteiger partial charge in [0.05, 0.1) is 0 Å². The van der Waals surface area contributed by atoms with E-state index in [1.54, 1.807) is 13.0 Å². The first kappa shape index (κ1) is 17.3. The number of piperidine rings is 1. The van der Waals surface area contributed by atoms with Crippen LogP contribution >= 0.6 is 0 Å². The van der Waals surface area contributed by atoms with Gasteiger partial charge in [-0.15, -0.1) is 0 Å². The van der Waals surface area contributed by atoms with Crippen molar-refractivity contribution in [3.05, 3.63) is 23.4 Å². The largest absolute Gasteiger partial charge is 0.312 e. The minimum Gasteiger partial charge on any atom is -0.312 e. The smallest absolute Gasteiger partial charge is 0.223 e. The van der Waals surface area contributed by atoms with Crippen LogP contribution in [-0.4, -0.2) is 48.1 Å². The number of hydrogen-bond donors (Lipinski definition) is 0. The highest BCUT2D eigenvalue weighted by molar-refractivity contribution is 5.77. The molecule has 1 spiro atoms. The number of fused-ring (bicyclic) bond motifs is 1. The third kappa shape index (κ3) is 3.30. The molecule has 0 radical (unpaired) electrons. The van der Waals surface area contributed by atoms with Crippen molar-refractivity contribution in [3.8, 4) is 0 Å². The lowest BCUT2D eigenvalue weighted by atomic mass is 9.71. The number of rotatable bonds is 2. The predicted molar refractivity (Wildman–Crippen MR) is 97.7 cm³/mol. The number of nitrogens with zero attached hydrogens (tertiary/aromatic N) is 2. The molecule has 25 heavy (non-hydrogen) atoms. The quantitative estimate of drug-likeness (QED) is 0.753. The van der Waals surface area contributed by atoms with Gasteiger partial charge in [-0.25, -0.2) is 4.39 Å². The van der Waals surface area contributed by atoms with Crippen molar-refractivity contribution in [1.29, 1.82) is 0 Å². The van der Waals surface area contributed by atoms with Crippen LogP contribution in [0, 0.1) is 11.3 Å². The number of amides is 1. The number of alkyl halides is 1. The lowest BCUT2D eigenvalue weighted by Gasteiger charge is -2.42. The standard InChI is InChI=1S/C21H31FN2O/c1-16(25)24-15-21(19-13-18(22)7-8-20(19)24)9-11-23(12-10-21)14-17-5-3-2-4-6-17/h7-8,17-18H,2-6,9-15H2,1H3. The van der Waals surface area contributed by atoms with E-state index in [-0.39, 0.29) is 11.3 Å². The molecule has 4 rings (SSSR count). The van der Waals surface area contributed by atoms with Crippen LogP contribution in [0.25, 0.3) is 0 Å². The molecule has 1 amide bonds. The van der Waals surface area contributed by atoms with Gasteiger partial charge in [0.1, 0.15) is 6.17 Å². The molecule has 0 aromatic heterocycles. The van der Waals surface area contributed by atoms with Crippen molar-refractivity contribution >= 4 is 5.91 Å². The second-order valence-corrected chi connectivity index (χ2v) is 8.63. The van der Waals surface area contributed by atoms with Gasteiger partial charge in [0.2, 0.25) is 5.91 Å². The molecule has 2 heterocycles. The minimum atomic E-state index is -0.886. The second kappa shape index (κ2) is 6.86. The van der Waals surface area contributed by atoms with Gasteiger partial charge >= 0.3 is 0 Å². The first-order valence-corrected chi connectivity index (χ1v) is 10.1. The van der Waals surface area contributed by atoms with E-state index in [0.717, 1.165) is 44.1 Å². The molecule has 4 heteroatoms. The Balaban J connectivity index is 1.45. The fraction of sp³-hybridized carbons (Fsp3) is 0.762. The van der Waals surface area contributed by atoms with Crippen LogP contribution in [-0.2, 0) is 4.79 Å². The number of hydrogen-bond acceptors (Lipinski definition) is 2. The number of likely N-dealkylation sites (tertiary alicyclic amines) is 1. The van der Waals surface area contributed by atoms with E-state index in [1.807, 2.05) is 11.0 Å². The van der Waals surface area contributed by atoms with Crippen molar-refractivity contribution in [2.24, 2.45) is 11.3 Å². The maximum atomic E-state index is 14.0. The van der Waals surface area contributed by atoms with E-state index < -0.39 is 6.17 Å². The second-order valence-electron chi connectivity index (χ2n) is 8.63. The van der Waals surface area contributed by atoms with Gasteiger partial charge in [0.15, 0.2) is 0 Å². The summed E-state index contributed by atoms with van der Waals surface area (Å²) in [6.45, 7) is 5.84. The third-order valence-electron chi connectivity index (χ3n) is 7.00. The van der Waals surface area contributed by atoms with Crippen molar-refractivity contribution in [2.75, 3.05) is 26.2 Å².